The van der Waals surface area contributed by atoms with E-state index in [4.69, 9.17) is 10.8 Å². The lowest BCUT2D eigenvalue weighted by Crippen LogP contribution is -2.14. The highest BCUT2D eigenvalue weighted by Crippen LogP contribution is 2.15. The molecule has 0 saturated carbocycles. The first-order valence-corrected chi connectivity index (χ1v) is 6.42. The van der Waals surface area contributed by atoms with Crippen molar-refractivity contribution < 1.29 is 9.90 Å². The quantitative estimate of drug-likeness (QED) is 0.774. The molecule has 4 N–H and O–H groups in total. The Morgan fingerprint density at radius 2 is 2.15 bits per heavy atom. The molecule has 104 valence electrons. The van der Waals surface area contributed by atoms with Crippen molar-refractivity contribution >= 4 is 17.4 Å². The Kier molecular flexibility index (Phi) is 4.68. The Morgan fingerprint density at radius 3 is 2.90 bits per heavy atom. The molecule has 0 radical (unpaired) electrons. The number of pyridine rings is 1. The van der Waals surface area contributed by atoms with E-state index in [0.29, 0.717) is 17.7 Å². The van der Waals surface area contributed by atoms with Crippen LogP contribution in [-0.4, -0.2) is 22.6 Å². The van der Waals surface area contributed by atoms with Gasteiger partial charge in [-0.2, -0.15) is 0 Å². The summed E-state index contributed by atoms with van der Waals surface area (Å²) in [6.07, 6.45) is 3.02. The molecule has 2 aromatic rings. The van der Waals surface area contributed by atoms with E-state index in [1.165, 1.54) is 0 Å². The second kappa shape index (κ2) is 6.68. The van der Waals surface area contributed by atoms with Crippen molar-refractivity contribution in [1.82, 2.24) is 4.98 Å². The zero-order valence-corrected chi connectivity index (χ0v) is 11.0. The number of aliphatic hydroxyl groups excluding tert-OH is 1. The van der Waals surface area contributed by atoms with E-state index in [9.17, 15) is 4.79 Å². The molecule has 0 fully saturated rings. The average molecular weight is 271 g/mol. The highest BCUT2D eigenvalue weighted by atomic mass is 16.2. The number of hydrogen-bond acceptors (Lipinski definition) is 4. The van der Waals surface area contributed by atoms with Gasteiger partial charge in [-0.1, -0.05) is 12.1 Å². The van der Waals surface area contributed by atoms with Gasteiger partial charge in [-0.05, 0) is 42.7 Å². The van der Waals surface area contributed by atoms with Crippen LogP contribution in [0.3, 0.4) is 0 Å². The molecule has 0 unspecified atom stereocenters. The first-order chi connectivity index (χ1) is 9.70. The number of anilines is 2. The van der Waals surface area contributed by atoms with Gasteiger partial charge in [0, 0.05) is 18.5 Å². The van der Waals surface area contributed by atoms with Crippen molar-refractivity contribution in [2.24, 2.45) is 0 Å². The van der Waals surface area contributed by atoms with Gasteiger partial charge in [0.1, 0.15) is 5.82 Å². The molecule has 20 heavy (non-hydrogen) atoms. The average Bonchev–Trinajstić information content (AvgIpc) is 2.46. The molecule has 0 aliphatic rings. The lowest BCUT2D eigenvalue weighted by molar-refractivity contribution is 0.102. The number of carbonyl (C=O) groups is 1. The van der Waals surface area contributed by atoms with Crippen LogP contribution in [0.15, 0.2) is 42.6 Å². The van der Waals surface area contributed by atoms with Crippen LogP contribution in [0.1, 0.15) is 22.3 Å². The second-order valence-corrected chi connectivity index (χ2v) is 4.42. The van der Waals surface area contributed by atoms with Crippen LogP contribution in [0.5, 0.6) is 0 Å². The lowest BCUT2D eigenvalue weighted by Gasteiger charge is -2.08. The highest BCUT2D eigenvalue weighted by Gasteiger charge is 2.10. The fraction of sp³-hybridized carbons (Fsp3) is 0.200. The monoisotopic (exact) mass is 271 g/mol. The van der Waals surface area contributed by atoms with E-state index in [0.717, 1.165) is 12.0 Å². The molecular formula is C15H17N3O2. The third-order valence-corrected chi connectivity index (χ3v) is 2.89. The number of carbonyl (C=O) groups excluding carboxylic acids is 1. The molecule has 0 bridgehead atoms. The second-order valence-electron chi connectivity index (χ2n) is 4.42. The van der Waals surface area contributed by atoms with Crippen LogP contribution in [-0.2, 0) is 6.42 Å². The summed E-state index contributed by atoms with van der Waals surface area (Å²) in [5, 5.41) is 11.6. The van der Waals surface area contributed by atoms with E-state index in [1.807, 2.05) is 24.3 Å². The summed E-state index contributed by atoms with van der Waals surface area (Å²) >= 11 is 0. The van der Waals surface area contributed by atoms with E-state index in [1.54, 1.807) is 18.3 Å². The number of aliphatic hydroxyl groups is 1. The Bertz CT molecular complexity index is 599. The third-order valence-electron chi connectivity index (χ3n) is 2.89. The molecule has 0 atom stereocenters. The molecule has 1 heterocycles. The van der Waals surface area contributed by atoms with Crippen LogP contribution in [0.4, 0.5) is 11.5 Å². The summed E-state index contributed by atoms with van der Waals surface area (Å²) in [6, 6.07) is 10.8. The Balaban J connectivity index is 2.10. The summed E-state index contributed by atoms with van der Waals surface area (Å²) < 4.78 is 0. The lowest BCUT2D eigenvalue weighted by atomic mass is 10.1. The number of aromatic nitrogens is 1. The maximum atomic E-state index is 12.1. The Labute approximate surface area is 117 Å². The zero-order chi connectivity index (χ0) is 14.4. The highest BCUT2D eigenvalue weighted by molar-refractivity contribution is 6.07. The first-order valence-electron chi connectivity index (χ1n) is 6.42. The van der Waals surface area contributed by atoms with E-state index < -0.39 is 0 Å². The molecule has 5 heteroatoms. The predicted octanol–water partition coefficient (Wildman–Crippen LogP) is 1.84. The smallest absolute Gasteiger partial charge is 0.259 e. The number of aryl methyl sites for hydroxylation is 1. The van der Waals surface area contributed by atoms with Crippen molar-refractivity contribution in [3.63, 3.8) is 0 Å². The van der Waals surface area contributed by atoms with E-state index >= 15 is 0 Å². The van der Waals surface area contributed by atoms with Crippen LogP contribution in [0.2, 0.25) is 0 Å². The van der Waals surface area contributed by atoms with Crippen LogP contribution >= 0.6 is 0 Å². The largest absolute Gasteiger partial charge is 0.396 e. The minimum atomic E-state index is -0.282. The van der Waals surface area contributed by atoms with Gasteiger partial charge in [0.05, 0.1) is 5.56 Å². The summed E-state index contributed by atoms with van der Waals surface area (Å²) in [7, 11) is 0. The summed E-state index contributed by atoms with van der Waals surface area (Å²) in [6.45, 7) is 0.156. The number of rotatable bonds is 5. The SMILES string of the molecule is Nc1ncccc1C(=O)Nc1cccc(CCCO)c1. The van der Waals surface area contributed by atoms with Crippen molar-refractivity contribution in [2.45, 2.75) is 12.8 Å². The molecular weight excluding hydrogens is 254 g/mol. The topological polar surface area (TPSA) is 88.2 Å². The van der Waals surface area contributed by atoms with E-state index in [2.05, 4.69) is 10.3 Å². The minimum absolute atomic E-state index is 0.156. The molecule has 1 amide bonds. The fourth-order valence-electron chi connectivity index (χ4n) is 1.90. The number of nitrogens with zero attached hydrogens (tertiary/aromatic N) is 1. The van der Waals surface area contributed by atoms with Gasteiger partial charge in [0.15, 0.2) is 0 Å². The first kappa shape index (κ1) is 14.0. The Hall–Kier alpha value is -2.40. The van der Waals surface area contributed by atoms with Gasteiger partial charge in [-0.3, -0.25) is 4.79 Å². The standard InChI is InChI=1S/C15H17N3O2/c16-14-13(7-2-8-17-14)15(20)18-12-6-1-4-11(10-12)5-3-9-19/h1-2,4,6-8,10,19H,3,5,9H2,(H2,16,17)(H,18,20). The molecule has 5 nitrogen and oxygen atoms in total. The summed E-state index contributed by atoms with van der Waals surface area (Å²) in [5.41, 5.74) is 7.79. The molecule has 2 rings (SSSR count). The molecule has 0 spiro atoms. The number of nitrogens with two attached hydrogens (primary N) is 1. The molecule has 1 aromatic carbocycles. The predicted molar refractivity (Wildman–Crippen MR) is 78.5 cm³/mol. The molecule has 1 aromatic heterocycles. The normalized spacial score (nSPS) is 10.2. The number of nitrogens with one attached hydrogen (secondary N) is 1. The maximum Gasteiger partial charge on any atom is 0.259 e. The van der Waals surface area contributed by atoms with Crippen molar-refractivity contribution in [3.05, 3.63) is 53.7 Å². The van der Waals surface area contributed by atoms with Gasteiger partial charge in [0.2, 0.25) is 0 Å². The van der Waals surface area contributed by atoms with Crippen LogP contribution in [0.25, 0.3) is 0 Å². The van der Waals surface area contributed by atoms with Gasteiger partial charge < -0.3 is 16.2 Å². The molecule has 0 aliphatic carbocycles. The number of hydrogen-bond donors (Lipinski definition) is 3. The zero-order valence-electron chi connectivity index (χ0n) is 11.0. The maximum absolute atomic E-state index is 12.1. The summed E-state index contributed by atoms with van der Waals surface area (Å²) in [4.78, 5) is 16.0. The van der Waals surface area contributed by atoms with Crippen molar-refractivity contribution in [2.75, 3.05) is 17.7 Å². The van der Waals surface area contributed by atoms with Crippen molar-refractivity contribution in [3.8, 4) is 0 Å². The molecule has 0 aliphatic heterocycles. The number of amides is 1. The minimum Gasteiger partial charge on any atom is -0.396 e. The van der Waals surface area contributed by atoms with Gasteiger partial charge >= 0.3 is 0 Å². The van der Waals surface area contributed by atoms with Crippen LogP contribution in [0, 0.1) is 0 Å². The van der Waals surface area contributed by atoms with Crippen LogP contribution < -0.4 is 11.1 Å². The fourth-order valence-corrected chi connectivity index (χ4v) is 1.90. The number of benzene rings is 1. The summed E-state index contributed by atoms with van der Waals surface area (Å²) in [5.74, 6) is -0.0728. The number of nitrogen functional groups attached to an aromatic ring is 1. The van der Waals surface area contributed by atoms with E-state index in [-0.39, 0.29) is 18.3 Å². The van der Waals surface area contributed by atoms with Gasteiger partial charge in [-0.15, -0.1) is 0 Å². The van der Waals surface area contributed by atoms with Crippen molar-refractivity contribution in [1.29, 1.82) is 0 Å². The van der Waals surface area contributed by atoms with Gasteiger partial charge in [-0.25, -0.2) is 4.98 Å². The van der Waals surface area contributed by atoms with Gasteiger partial charge in [0.25, 0.3) is 5.91 Å². The Morgan fingerprint density at radius 1 is 1.30 bits per heavy atom. The third kappa shape index (κ3) is 3.55. The molecule has 0 saturated heterocycles.